The summed E-state index contributed by atoms with van der Waals surface area (Å²) in [6.45, 7) is 3.88. The van der Waals surface area contributed by atoms with Gasteiger partial charge in [0, 0.05) is 36.3 Å². The van der Waals surface area contributed by atoms with E-state index >= 15 is 0 Å². The molecule has 0 aliphatic carbocycles. The van der Waals surface area contributed by atoms with Gasteiger partial charge in [-0.2, -0.15) is 23.1 Å². The highest BCUT2D eigenvalue weighted by molar-refractivity contribution is 6.30. The van der Waals surface area contributed by atoms with Gasteiger partial charge in [0.1, 0.15) is 17.6 Å². The molecular formula is C29H31ClF3N5O4. The van der Waals surface area contributed by atoms with E-state index < -0.39 is 24.3 Å². The second kappa shape index (κ2) is 11.8. The summed E-state index contributed by atoms with van der Waals surface area (Å²) < 4.78 is 54.9. The van der Waals surface area contributed by atoms with Crippen molar-refractivity contribution in [2.45, 2.75) is 44.5 Å². The van der Waals surface area contributed by atoms with E-state index in [0.717, 1.165) is 0 Å². The highest BCUT2D eigenvalue weighted by atomic mass is 35.5. The SMILES string of the molecule is CCOc1cccc(-c2cc(Cl)ccc2[C@@H](Oc2cc(N3CCC4(CC3)CN[C@H](C(=O)O)C4)nc(N)n2)C(F)(F)F)c1. The number of piperidine rings is 1. The van der Waals surface area contributed by atoms with E-state index in [1.165, 1.54) is 24.3 Å². The van der Waals surface area contributed by atoms with Gasteiger partial charge in [-0.1, -0.05) is 29.8 Å². The Balaban J connectivity index is 1.42. The number of carboxylic acid groups (broad SMARTS) is 1. The largest absolute Gasteiger partial charge is 0.494 e. The third-order valence-corrected chi connectivity index (χ3v) is 8.04. The Morgan fingerprint density at radius 3 is 2.64 bits per heavy atom. The minimum Gasteiger partial charge on any atom is -0.494 e. The van der Waals surface area contributed by atoms with Gasteiger partial charge in [-0.3, -0.25) is 4.79 Å². The lowest BCUT2D eigenvalue weighted by molar-refractivity contribution is -0.198. The van der Waals surface area contributed by atoms with Gasteiger partial charge in [0.25, 0.3) is 0 Å². The molecule has 42 heavy (non-hydrogen) atoms. The predicted molar refractivity (Wildman–Crippen MR) is 152 cm³/mol. The molecule has 2 aromatic carbocycles. The van der Waals surface area contributed by atoms with Crippen LogP contribution in [-0.4, -0.2) is 59.5 Å². The third kappa shape index (κ3) is 6.49. The monoisotopic (exact) mass is 605 g/mol. The second-order valence-corrected chi connectivity index (χ2v) is 11.1. The van der Waals surface area contributed by atoms with Crippen LogP contribution in [0.15, 0.2) is 48.5 Å². The molecule has 2 atom stereocenters. The fraction of sp³-hybridized carbons (Fsp3) is 0.414. The zero-order valence-corrected chi connectivity index (χ0v) is 23.6. The van der Waals surface area contributed by atoms with E-state index in [2.05, 4.69) is 15.3 Å². The standard InChI is InChI=1S/C29H31ClF3N5O4/c1-2-41-19-5-3-4-17(12-19)21-13-18(30)6-7-20(21)25(29(31,32)33)42-24-14-23(36-27(34)37-24)38-10-8-28(9-11-38)15-22(26(39)40)35-16-28/h3-7,12-14,22,25,35H,2,8-11,15-16H2,1H3,(H,39,40)(H2,34,36,37)/t22-,25+/m0/s1. The maximum absolute atomic E-state index is 14.6. The normalized spacial score (nSPS) is 19.1. The van der Waals surface area contributed by atoms with Crippen LogP contribution in [0.5, 0.6) is 11.6 Å². The van der Waals surface area contributed by atoms with E-state index in [0.29, 0.717) is 62.6 Å². The van der Waals surface area contributed by atoms with Crippen LogP contribution in [0, 0.1) is 5.41 Å². The quantitative estimate of drug-likeness (QED) is 0.306. The Hall–Kier alpha value is -3.77. The number of nitrogen functional groups attached to an aromatic ring is 1. The number of hydrogen-bond donors (Lipinski definition) is 3. The first-order valence-electron chi connectivity index (χ1n) is 13.6. The number of ether oxygens (including phenoxy) is 2. The summed E-state index contributed by atoms with van der Waals surface area (Å²) in [5, 5.41) is 12.7. The minimum atomic E-state index is -4.81. The number of hydrogen-bond acceptors (Lipinski definition) is 8. The zero-order valence-electron chi connectivity index (χ0n) is 22.8. The summed E-state index contributed by atoms with van der Waals surface area (Å²) in [6.07, 6.45) is -5.27. The molecule has 2 aliphatic heterocycles. The van der Waals surface area contributed by atoms with Gasteiger partial charge in [-0.25, -0.2) is 0 Å². The van der Waals surface area contributed by atoms with Crippen molar-refractivity contribution in [3.05, 3.63) is 59.1 Å². The average molecular weight is 606 g/mol. The lowest BCUT2D eigenvalue weighted by Gasteiger charge is -2.39. The molecule has 0 radical (unpaired) electrons. The van der Waals surface area contributed by atoms with Gasteiger partial charge in [0.05, 0.1) is 6.61 Å². The molecule has 2 aliphatic rings. The predicted octanol–water partition coefficient (Wildman–Crippen LogP) is 5.49. The van der Waals surface area contributed by atoms with Gasteiger partial charge < -0.3 is 30.5 Å². The number of halogens is 4. The van der Waals surface area contributed by atoms with Crippen LogP contribution in [0.4, 0.5) is 24.9 Å². The van der Waals surface area contributed by atoms with Crippen molar-refractivity contribution < 1.29 is 32.5 Å². The van der Waals surface area contributed by atoms with Crippen LogP contribution in [0.2, 0.25) is 5.02 Å². The summed E-state index contributed by atoms with van der Waals surface area (Å²) in [4.78, 5) is 21.5. The number of rotatable bonds is 8. The van der Waals surface area contributed by atoms with E-state index in [1.54, 1.807) is 24.3 Å². The molecule has 2 saturated heterocycles. The molecule has 3 heterocycles. The highest BCUT2D eigenvalue weighted by Gasteiger charge is 2.46. The summed E-state index contributed by atoms with van der Waals surface area (Å²) >= 11 is 6.21. The van der Waals surface area contributed by atoms with Crippen LogP contribution in [-0.2, 0) is 4.79 Å². The smallest absolute Gasteiger partial charge is 0.429 e. The van der Waals surface area contributed by atoms with Gasteiger partial charge in [-0.15, -0.1) is 0 Å². The first-order valence-corrected chi connectivity index (χ1v) is 14.0. The number of carbonyl (C=O) groups is 1. The number of alkyl halides is 3. The average Bonchev–Trinajstić information content (AvgIpc) is 3.35. The summed E-state index contributed by atoms with van der Waals surface area (Å²) in [7, 11) is 0. The maximum Gasteiger partial charge on any atom is 0.429 e. The number of aliphatic carboxylic acids is 1. The number of nitrogens with one attached hydrogen (secondary N) is 1. The van der Waals surface area contributed by atoms with Crippen LogP contribution in [0.25, 0.3) is 11.1 Å². The molecule has 5 rings (SSSR count). The Morgan fingerprint density at radius 1 is 1.21 bits per heavy atom. The minimum absolute atomic E-state index is 0.150. The molecule has 0 amide bonds. The van der Waals surface area contributed by atoms with Crippen molar-refractivity contribution in [2.24, 2.45) is 5.41 Å². The number of nitrogens with zero attached hydrogens (tertiary/aromatic N) is 3. The molecule has 4 N–H and O–H groups in total. The Labute approximate surface area is 245 Å². The Kier molecular flexibility index (Phi) is 8.38. The molecule has 0 unspecified atom stereocenters. The lowest BCUT2D eigenvalue weighted by Crippen LogP contribution is -2.41. The summed E-state index contributed by atoms with van der Waals surface area (Å²) in [6, 6.07) is 11.6. The lowest BCUT2D eigenvalue weighted by atomic mass is 9.76. The fourth-order valence-electron chi connectivity index (χ4n) is 5.69. The van der Waals surface area contributed by atoms with E-state index in [-0.39, 0.29) is 33.4 Å². The maximum atomic E-state index is 14.6. The molecule has 1 aromatic heterocycles. The number of benzene rings is 2. The summed E-state index contributed by atoms with van der Waals surface area (Å²) in [5.74, 6) is -0.566. The van der Waals surface area contributed by atoms with Crippen molar-refractivity contribution in [3.8, 4) is 22.8 Å². The summed E-state index contributed by atoms with van der Waals surface area (Å²) in [5.41, 5.74) is 6.34. The second-order valence-electron chi connectivity index (χ2n) is 10.6. The van der Waals surface area contributed by atoms with Gasteiger partial charge in [0.2, 0.25) is 17.9 Å². The third-order valence-electron chi connectivity index (χ3n) is 7.80. The van der Waals surface area contributed by atoms with Crippen molar-refractivity contribution in [2.75, 3.05) is 36.9 Å². The Bertz CT molecular complexity index is 1450. The van der Waals surface area contributed by atoms with Crippen molar-refractivity contribution >= 4 is 29.3 Å². The zero-order chi connectivity index (χ0) is 30.1. The molecule has 224 valence electrons. The van der Waals surface area contributed by atoms with Gasteiger partial charge in [0.15, 0.2) is 0 Å². The molecule has 0 bridgehead atoms. The van der Waals surface area contributed by atoms with Crippen LogP contribution in [0.3, 0.4) is 0 Å². The van der Waals surface area contributed by atoms with Crippen LogP contribution < -0.4 is 25.4 Å². The molecular weight excluding hydrogens is 575 g/mol. The molecule has 0 saturated carbocycles. The van der Waals surface area contributed by atoms with Crippen molar-refractivity contribution in [1.82, 2.24) is 15.3 Å². The van der Waals surface area contributed by atoms with E-state index in [4.69, 9.17) is 26.8 Å². The number of carboxylic acids is 1. The van der Waals surface area contributed by atoms with Crippen molar-refractivity contribution in [1.29, 1.82) is 0 Å². The van der Waals surface area contributed by atoms with Crippen molar-refractivity contribution in [3.63, 3.8) is 0 Å². The van der Waals surface area contributed by atoms with Crippen LogP contribution >= 0.6 is 11.6 Å². The molecule has 3 aromatic rings. The first-order chi connectivity index (χ1) is 20.0. The number of nitrogens with two attached hydrogens (primary N) is 1. The molecule has 13 heteroatoms. The fourth-order valence-corrected chi connectivity index (χ4v) is 5.86. The van der Waals surface area contributed by atoms with E-state index in [1.807, 2.05) is 11.8 Å². The Morgan fingerprint density at radius 2 is 1.98 bits per heavy atom. The highest BCUT2D eigenvalue weighted by Crippen LogP contribution is 2.43. The van der Waals surface area contributed by atoms with Gasteiger partial charge in [-0.05, 0) is 67.0 Å². The molecule has 1 spiro atoms. The first kappa shape index (κ1) is 29.7. The molecule has 2 fully saturated rings. The molecule has 9 nitrogen and oxygen atoms in total. The van der Waals surface area contributed by atoms with E-state index in [9.17, 15) is 23.1 Å². The number of aromatic nitrogens is 2. The van der Waals surface area contributed by atoms with Crippen LogP contribution in [0.1, 0.15) is 37.9 Å². The topological polar surface area (TPSA) is 123 Å². The van der Waals surface area contributed by atoms with Gasteiger partial charge >= 0.3 is 12.1 Å². The number of anilines is 2.